The summed E-state index contributed by atoms with van der Waals surface area (Å²) in [5.41, 5.74) is 0. The number of hydrogen-bond acceptors (Lipinski definition) is 5. The summed E-state index contributed by atoms with van der Waals surface area (Å²) < 4.78 is 0. The summed E-state index contributed by atoms with van der Waals surface area (Å²) >= 11 is 0. The van der Waals surface area contributed by atoms with Gasteiger partial charge < -0.3 is 15.5 Å². The quantitative estimate of drug-likeness (QED) is 0.809. The number of hydrogen-bond donors (Lipinski definition) is 2. The highest BCUT2D eigenvalue weighted by atomic mass is 15.1. The molecule has 2 N–H and O–H groups in total. The maximum absolute atomic E-state index is 4.56. The second kappa shape index (κ2) is 8.17. The van der Waals surface area contributed by atoms with E-state index in [9.17, 15) is 0 Å². The predicted octanol–water partition coefficient (Wildman–Crippen LogP) is 2.61. The number of nitrogens with one attached hydrogen (secondary N) is 2. The van der Waals surface area contributed by atoms with E-state index in [0.29, 0.717) is 0 Å². The van der Waals surface area contributed by atoms with Crippen molar-refractivity contribution in [2.45, 2.75) is 39.5 Å². The van der Waals surface area contributed by atoms with Gasteiger partial charge in [-0.05, 0) is 52.2 Å². The SMILES string of the molecule is CCNc1cc(NCCC2CCN(C)CC2)nc(CC)n1. The third kappa shape index (κ3) is 5.16. The Kier molecular flexibility index (Phi) is 6.23. The molecular formula is C16H29N5. The topological polar surface area (TPSA) is 53.1 Å². The lowest BCUT2D eigenvalue weighted by Crippen LogP contribution is -2.30. The Hall–Kier alpha value is -1.36. The van der Waals surface area contributed by atoms with Crippen molar-refractivity contribution < 1.29 is 0 Å². The summed E-state index contributed by atoms with van der Waals surface area (Å²) in [6, 6.07) is 2.01. The molecule has 1 aromatic heterocycles. The molecule has 0 bridgehead atoms. The van der Waals surface area contributed by atoms with Crippen molar-refractivity contribution in [2.75, 3.05) is 43.9 Å². The second-order valence-electron chi connectivity index (χ2n) is 5.90. The molecule has 0 spiro atoms. The fourth-order valence-corrected chi connectivity index (χ4v) is 2.77. The van der Waals surface area contributed by atoms with Crippen LogP contribution in [-0.4, -0.2) is 48.1 Å². The normalized spacial score (nSPS) is 16.9. The van der Waals surface area contributed by atoms with Gasteiger partial charge >= 0.3 is 0 Å². The van der Waals surface area contributed by atoms with Crippen LogP contribution in [0.5, 0.6) is 0 Å². The summed E-state index contributed by atoms with van der Waals surface area (Å²) in [6.45, 7) is 8.54. The molecule has 5 nitrogen and oxygen atoms in total. The van der Waals surface area contributed by atoms with Crippen LogP contribution < -0.4 is 10.6 Å². The van der Waals surface area contributed by atoms with Crippen molar-refractivity contribution >= 4 is 11.6 Å². The number of anilines is 2. The molecular weight excluding hydrogens is 262 g/mol. The maximum atomic E-state index is 4.56. The summed E-state index contributed by atoms with van der Waals surface area (Å²) in [5.74, 6) is 3.63. The fraction of sp³-hybridized carbons (Fsp3) is 0.750. The highest BCUT2D eigenvalue weighted by Crippen LogP contribution is 2.20. The van der Waals surface area contributed by atoms with Crippen LogP contribution in [0.4, 0.5) is 11.6 Å². The number of likely N-dealkylation sites (tertiary alicyclic amines) is 1. The van der Waals surface area contributed by atoms with Gasteiger partial charge in [-0.15, -0.1) is 0 Å². The minimum absolute atomic E-state index is 0.856. The van der Waals surface area contributed by atoms with Gasteiger partial charge in [0.2, 0.25) is 0 Å². The first-order chi connectivity index (χ1) is 10.2. The molecule has 0 unspecified atom stereocenters. The van der Waals surface area contributed by atoms with E-state index < -0.39 is 0 Å². The molecule has 0 radical (unpaired) electrons. The van der Waals surface area contributed by atoms with Gasteiger partial charge in [0.15, 0.2) is 0 Å². The van der Waals surface area contributed by atoms with Crippen molar-refractivity contribution in [2.24, 2.45) is 5.92 Å². The molecule has 0 saturated carbocycles. The van der Waals surface area contributed by atoms with Gasteiger partial charge in [-0.2, -0.15) is 0 Å². The number of piperidine rings is 1. The third-order valence-corrected chi connectivity index (χ3v) is 4.14. The first kappa shape index (κ1) is 16.0. The Balaban J connectivity index is 1.83. The van der Waals surface area contributed by atoms with Crippen molar-refractivity contribution in [3.05, 3.63) is 11.9 Å². The van der Waals surface area contributed by atoms with Crippen LogP contribution in [0.15, 0.2) is 6.07 Å². The molecule has 1 aliphatic heterocycles. The van der Waals surface area contributed by atoms with E-state index in [1.807, 2.05) is 6.07 Å². The van der Waals surface area contributed by atoms with Crippen LogP contribution in [0.25, 0.3) is 0 Å². The molecule has 2 rings (SSSR count). The zero-order valence-corrected chi connectivity index (χ0v) is 13.7. The van der Waals surface area contributed by atoms with E-state index >= 15 is 0 Å². The van der Waals surface area contributed by atoms with E-state index in [0.717, 1.165) is 42.9 Å². The Morgan fingerprint density at radius 1 is 1.14 bits per heavy atom. The van der Waals surface area contributed by atoms with Crippen LogP contribution in [0.1, 0.15) is 38.9 Å². The molecule has 2 heterocycles. The summed E-state index contributed by atoms with van der Waals surface area (Å²) in [7, 11) is 2.21. The Bertz CT molecular complexity index is 427. The molecule has 0 atom stereocenters. The molecule has 1 saturated heterocycles. The van der Waals surface area contributed by atoms with E-state index in [1.54, 1.807) is 0 Å². The Morgan fingerprint density at radius 2 is 1.81 bits per heavy atom. The predicted molar refractivity (Wildman–Crippen MR) is 88.9 cm³/mol. The molecule has 1 aliphatic rings. The molecule has 21 heavy (non-hydrogen) atoms. The highest BCUT2D eigenvalue weighted by molar-refractivity contribution is 5.47. The minimum Gasteiger partial charge on any atom is -0.370 e. The number of rotatable bonds is 7. The highest BCUT2D eigenvalue weighted by Gasteiger charge is 2.16. The monoisotopic (exact) mass is 291 g/mol. The van der Waals surface area contributed by atoms with Gasteiger partial charge in [-0.25, -0.2) is 9.97 Å². The first-order valence-corrected chi connectivity index (χ1v) is 8.25. The smallest absolute Gasteiger partial charge is 0.132 e. The molecule has 1 aromatic rings. The summed E-state index contributed by atoms with van der Waals surface area (Å²) in [6.07, 6.45) is 4.74. The second-order valence-corrected chi connectivity index (χ2v) is 5.90. The zero-order chi connectivity index (χ0) is 15.1. The van der Waals surface area contributed by atoms with Gasteiger partial charge in [0.25, 0.3) is 0 Å². The molecule has 0 aromatic carbocycles. The van der Waals surface area contributed by atoms with E-state index in [1.165, 1.54) is 32.4 Å². The maximum Gasteiger partial charge on any atom is 0.132 e. The molecule has 5 heteroatoms. The summed E-state index contributed by atoms with van der Waals surface area (Å²) in [4.78, 5) is 11.5. The Morgan fingerprint density at radius 3 is 2.43 bits per heavy atom. The molecule has 0 amide bonds. The van der Waals surface area contributed by atoms with Crippen LogP contribution in [0, 0.1) is 5.92 Å². The average molecular weight is 291 g/mol. The number of aryl methyl sites for hydroxylation is 1. The van der Waals surface area contributed by atoms with Gasteiger partial charge in [0.05, 0.1) is 0 Å². The summed E-state index contributed by atoms with van der Waals surface area (Å²) in [5, 5.41) is 6.74. The van der Waals surface area contributed by atoms with Gasteiger partial charge in [-0.1, -0.05) is 6.92 Å². The van der Waals surface area contributed by atoms with E-state index in [-0.39, 0.29) is 0 Å². The largest absolute Gasteiger partial charge is 0.370 e. The molecule has 1 fully saturated rings. The fourth-order valence-electron chi connectivity index (χ4n) is 2.77. The Labute approximate surface area is 128 Å². The number of nitrogens with zero attached hydrogens (tertiary/aromatic N) is 3. The van der Waals surface area contributed by atoms with Gasteiger partial charge in [0.1, 0.15) is 17.5 Å². The zero-order valence-electron chi connectivity index (χ0n) is 13.7. The lowest BCUT2D eigenvalue weighted by Gasteiger charge is -2.28. The van der Waals surface area contributed by atoms with Crippen LogP contribution in [0.3, 0.4) is 0 Å². The lowest BCUT2D eigenvalue weighted by atomic mass is 9.94. The van der Waals surface area contributed by atoms with Gasteiger partial charge in [-0.3, -0.25) is 0 Å². The van der Waals surface area contributed by atoms with E-state index in [4.69, 9.17) is 0 Å². The first-order valence-electron chi connectivity index (χ1n) is 8.25. The van der Waals surface area contributed by atoms with Crippen LogP contribution in [0.2, 0.25) is 0 Å². The van der Waals surface area contributed by atoms with Crippen LogP contribution >= 0.6 is 0 Å². The number of aromatic nitrogens is 2. The minimum atomic E-state index is 0.856. The molecule has 0 aliphatic carbocycles. The molecule has 118 valence electrons. The van der Waals surface area contributed by atoms with Crippen molar-refractivity contribution in [1.29, 1.82) is 0 Å². The van der Waals surface area contributed by atoms with Crippen molar-refractivity contribution in [1.82, 2.24) is 14.9 Å². The average Bonchev–Trinajstić information content (AvgIpc) is 2.49. The lowest BCUT2D eigenvalue weighted by molar-refractivity contribution is 0.215. The van der Waals surface area contributed by atoms with Crippen molar-refractivity contribution in [3.8, 4) is 0 Å². The van der Waals surface area contributed by atoms with Crippen molar-refractivity contribution in [3.63, 3.8) is 0 Å². The standard InChI is InChI=1S/C16H29N5/c1-4-14-19-15(17-5-2)12-16(20-14)18-9-6-13-7-10-21(3)11-8-13/h12-13H,4-11H2,1-3H3,(H2,17,18,19,20). The third-order valence-electron chi connectivity index (χ3n) is 4.14. The van der Waals surface area contributed by atoms with E-state index in [2.05, 4.69) is 46.4 Å². The van der Waals surface area contributed by atoms with Gasteiger partial charge in [0, 0.05) is 25.6 Å². The van der Waals surface area contributed by atoms with Crippen LogP contribution in [-0.2, 0) is 6.42 Å².